The average molecular weight is 525 g/mol. The Morgan fingerprint density at radius 3 is 2.42 bits per heavy atom. The second-order valence-electron chi connectivity index (χ2n) is 10.2. The molecule has 2 aliphatic heterocycles. The van der Waals surface area contributed by atoms with Crippen molar-refractivity contribution < 1.29 is 28.9 Å². The molecule has 2 aromatic rings. The molecule has 4 rings (SSSR count). The summed E-state index contributed by atoms with van der Waals surface area (Å²) in [5, 5.41) is 10.4. The number of carboxylic acid groups (broad SMARTS) is 1. The molecule has 1 saturated heterocycles. The molecule has 2 aromatic carbocycles. The van der Waals surface area contributed by atoms with Gasteiger partial charge in [-0.25, -0.2) is 0 Å². The zero-order valence-corrected chi connectivity index (χ0v) is 22.5. The van der Waals surface area contributed by atoms with Crippen LogP contribution in [0.25, 0.3) is 0 Å². The molecule has 0 aliphatic carbocycles. The van der Waals surface area contributed by atoms with Gasteiger partial charge in [0.2, 0.25) is 12.7 Å². The van der Waals surface area contributed by atoms with Crippen LogP contribution in [0.15, 0.2) is 48.5 Å². The third-order valence-corrected chi connectivity index (χ3v) is 7.51. The average Bonchev–Trinajstić information content (AvgIpc) is 3.53. The van der Waals surface area contributed by atoms with Crippen molar-refractivity contribution in [3.8, 4) is 11.5 Å². The van der Waals surface area contributed by atoms with Crippen molar-refractivity contribution in [1.29, 1.82) is 0 Å². The van der Waals surface area contributed by atoms with E-state index >= 15 is 0 Å². The van der Waals surface area contributed by atoms with Crippen LogP contribution in [0.5, 0.6) is 11.5 Å². The first-order valence-electron chi connectivity index (χ1n) is 13.8. The van der Waals surface area contributed by atoms with Crippen LogP contribution in [0, 0.1) is 5.92 Å². The van der Waals surface area contributed by atoms with Crippen LogP contribution in [-0.2, 0) is 20.9 Å². The highest BCUT2D eigenvalue weighted by atomic mass is 16.7. The van der Waals surface area contributed by atoms with Crippen LogP contribution in [0.4, 0.5) is 0 Å². The molecule has 206 valence electrons. The van der Waals surface area contributed by atoms with E-state index in [4.69, 9.17) is 14.2 Å². The summed E-state index contributed by atoms with van der Waals surface area (Å²) in [5.74, 6) is -0.571. The summed E-state index contributed by atoms with van der Waals surface area (Å²) >= 11 is 0. The third-order valence-electron chi connectivity index (χ3n) is 7.51. The summed E-state index contributed by atoms with van der Waals surface area (Å²) < 4.78 is 17.1. The van der Waals surface area contributed by atoms with Crippen molar-refractivity contribution in [2.24, 2.45) is 5.92 Å². The highest BCUT2D eigenvalue weighted by Gasteiger charge is 2.47. The van der Waals surface area contributed by atoms with Gasteiger partial charge in [-0.2, -0.15) is 0 Å². The minimum absolute atomic E-state index is 0.0513. The van der Waals surface area contributed by atoms with Gasteiger partial charge in [0.1, 0.15) is 0 Å². The van der Waals surface area contributed by atoms with Crippen LogP contribution >= 0.6 is 0 Å². The third kappa shape index (κ3) is 6.85. The first kappa shape index (κ1) is 27.9. The van der Waals surface area contributed by atoms with E-state index in [0.717, 1.165) is 49.9 Å². The Morgan fingerprint density at radius 2 is 1.74 bits per heavy atom. The van der Waals surface area contributed by atoms with Crippen molar-refractivity contribution >= 4 is 11.9 Å². The van der Waals surface area contributed by atoms with E-state index in [1.165, 1.54) is 0 Å². The van der Waals surface area contributed by atoms with E-state index in [9.17, 15) is 14.7 Å². The maximum Gasteiger partial charge on any atom is 0.308 e. The van der Waals surface area contributed by atoms with Crippen molar-refractivity contribution in [1.82, 2.24) is 9.80 Å². The van der Waals surface area contributed by atoms with Gasteiger partial charge in [0.25, 0.3) is 0 Å². The number of carbonyl (C=O) groups excluding carboxylic acids is 1. The van der Waals surface area contributed by atoms with Gasteiger partial charge in [-0.3, -0.25) is 14.5 Å². The second kappa shape index (κ2) is 13.6. The maximum absolute atomic E-state index is 13.5. The Morgan fingerprint density at radius 1 is 1.03 bits per heavy atom. The summed E-state index contributed by atoms with van der Waals surface area (Å²) in [6.45, 7) is 7.11. The Kier molecular flexibility index (Phi) is 10.0. The van der Waals surface area contributed by atoms with Crippen LogP contribution in [0.3, 0.4) is 0 Å². The lowest BCUT2D eigenvalue weighted by Crippen LogP contribution is -2.46. The van der Waals surface area contributed by atoms with E-state index < -0.39 is 17.9 Å². The Labute approximate surface area is 225 Å². The molecule has 3 atom stereocenters. The number of ether oxygens (including phenoxy) is 3. The lowest BCUT2D eigenvalue weighted by molar-refractivity contribution is -0.144. The Hall–Kier alpha value is -3.10. The first-order valence-corrected chi connectivity index (χ1v) is 13.8. The van der Waals surface area contributed by atoms with E-state index in [0.29, 0.717) is 24.7 Å². The number of likely N-dealkylation sites (tertiary alicyclic amines) is 1. The van der Waals surface area contributed by atoms with E-state index in [1.54, 1.807) is 0 Å². The highest BCUT2D eigenvalue weighted by molar-refractivity contribution is 5.79. The summed E-state index contributed by atoms with van der Waals surface area (Å²) in [4.78, 5) is 30.1. The Balaban J connectivity index is 1.55. The lowest BCUT2D eigenvalue weighted by Gasteiger charge is -2.29. The number of nitrogens with zero attached hydrogens (tertiary/aromatic N) is 2. The normalized spacial score (nSPS) is 20.5. The van der Waals surface area contributed by atoms with E-state index in [2.05, 4.69) is 13.8 Å². The van der Waals surface area contributed by atoms with Crippen LogP contribution in [0.1, 0.15) is 56.6 Å². The van der Waals surface area contributed by atoms with Gasteiger partial charge in [0.05, 0.1) is 25.7 Å². The second-order valence-corrected chi connectivity index (χ2v) is 10.2. The maximum atomic E-state index is 13.5. The van der Waals surface area contributed by atoms with Gasteiger partial charge in [-0.1, -0.05) is 63.1 Å². The molecule has 8 heteroatoms. The zero-order valence-electron chi connectivity index (χ0n) is 22.5. The summed E-state index contributed by atoms with van der Waals surface area (Å²) in [7, 11) is 0. The van der Waals surface area contributed by atoms with Gasteiger partial charge in [0, 0.05) is 31.6 Å². The largest absolute Gasteiger partial charge is 0.481 e. The molecule has 0 bridgehead atoms. The van der Waals surface area contributed by atoms with Crippen LogP contribution in [-0.4, -0.2) is 72.4 Å². The quantitative estimate of drug-likeness (QED) is 0.388. The predicted molar refractivity (Wildman–Crippen MR) is 144 cm³/mol. The molecule has 0 spiro atoms. The predicted octanol–water partition coefficient (Wildman–Crippen LogP) is 4.53. The minimum Gasteiger partial charge on any atom is -0.481 e. The summed E-state index contributed by atoms with van der Waals surface area (Å²) in [6, 6.07) is 15.0. The van der Waals surface area contributed by atoms with Crippen molar-refractivity contribution in [3.63, 3.8) is 0 Å². The number of hydrogen-bond acceptors (Lipinski definition) is 6. The SMILES string of the molecule is CCCCN(CCCC)C(=O)CN1CC(c2ccc3c(c2)OCO3)C(C(=O)O)C1COCc1ccccc1. The summed E-state index contributed by atoms with van der Waals surface area (Å²) in [6.07, 6.45) is 3.94. The highest BCUT2D eigenvalue weighted by Crippen LogP contribution is 2.42. The van der Waals surface area contributed by atoms with Crippen molar-refractivity contribution in [3.05, 3.63) is 59.7 Å². The topological polar surface area (TPSA) is 88.5 Å². The lowest BCUT2D eigenvalue weighted by atomic mass is 9.85. The van der Waals surface area contributed by atoms with Crippen molar-refractivity contribution in [2.75, 3.05) is 39.6 Å². The molecule has 1 fully saturated rings. The first-order chi connectivity index (χ1) is 18.5. The molecule has 0 radical (unpaired) electrons. The molecule has 0 saturated carbocycles. The number of rotatable bonds is 14. The standard InChI is InChI=1S/C30H40N2O6/c1-3-5-14-31(15-6-4-2)28(33)18-32-17-24(23-12-13-26-27(16-23)38-21-37-26)29(30(34)35)25(32)20-36-19-22-10-8-7-9-11-22/h7-13,16,24-25,29H,3-6,14-15,17-21H2,1-2H3,(H,34,35). The fourth-order valence-electron chi connectivity index (χ4n) is 5.39. The fourth-order valence-corrected chi connectivity index (χ4v) is 5.39. The van der Waals surface area contributed by atoms with Crippen LogP contribution < -0.4 is 9.47 Å². The van der Waals surface area contributed by atoms with Gasteiger partial charge in [-0.05, 0) is 36.1 Å². The molecule has 8 nitrogen and oxygen atoms in total. The molecule has 1 N–H and O–H groups in total. The Bertz CT molecular complexity index is 1050. The number of hydrogen-bond donors (Lipinski definition) is 1. The smallest absolute Gasteiger partial charge is 0.308 e. The van der Waals surface area contributed by atoms with Gasteiger partial charge >= 0.3 is 5.97 Å². The molecule has 0 aromatic heterocycles. The zero-order chi connectivity index (χ0) is 26.9. The molecule has 1 amide bonds. The number of fused-ring (bicyclic) bond motifs is 1. The number of amides is 1. The van der Waals surface area contributed by atoms with Gasteiger partial charge < -0.3 is 24.2 Å². The van der Waals surface area contributed by atoms with Crippen molar-refractivity contribution in [2.45, 2.75) is 58.1 Å². The number of carboxylic acids is 1. The molecule has 2 heterocycles. The molecular weight excluding hydrogens is 484 g/mol. The number of unbranched alkanes of at least 4 members (excludes halogenated alkanes) is 2. The molecule has 2 aliphatic rings. The van der Waals surface area contributed by atoms with E-state index in [1.807, 2.05) is 58.3 Å². The number of benzene rings is 2. The monoisotopic (exact) mass is 524 g/mol. The van der Waals surface area contributed by atoms with Gasteiger partial charge in [-0.15, -0.1) is 0 Å². The van der Waals surface area contributed by atoms with Crippen LogP contribution in [0.2, 0.25) is 0 Å². The van der Waals surface area contributed by atoms with Gasteiger partial charge in [0.15, 0.2) is 11.5 Å². The fraction of sp³-hybridized carbons (Fsp3) is 0.533. The van der Waals surface area contributed by atoms with E-state index in [-0.39, 0.29) is 31.8 Å². The molecular formula is C30H40N2O6. The number of carbonyl (C=O) groups is 2. The molecule has 38 heavy (non-hydrogen) atoms. The molecule has 3 unspecified atom stereocenters. The number of aliphatic carboxylic acids is 1. The minimum atomic E-state index is -0.884. The summed E-state index contributed by atoms with van der Waals surface area (Å²) in [5.41, 5.74) is 1.90.